The Morgan fingerprint density at radius 1 is 0.347 bits per heavy atom. The van der Waals surface area contributed by atoms with E-state index in [9.17, 15) is 4.91 Å². The van der Waals surface area contributed by atoms with E-state index in [2.05, 4.69) is 185 Å². The topological polar surface area (TPSA) is 560 Å². The molecule has 23 rings (SSSR count). The summed E-state index contributed by atoms with van der Waals surface area (Å²) in [5.74, 6) is 13.2. The molecule has 47 nitrogen and oxygen atoms in total. The van der Waals surface area contributed by atoms with Gasteiger partial charge in [0.1, 0.15) is 67.9 Å². The van der Waals surface area contributed by atoms with Gasteiger partial charge in [-0.15, -0.1) is 4.91 Å². The average molecular weight is 2110 g/mol. The van der Waals surface area contributed by atoms with Crippen molar-refractivity contribution in [1.82, 2.24) is 118 Å². The predicted octanol–water partition coefficient (Wildman–Crippen LogP) is 18.1. The molecule has 4 saturated heterocycles. The van der Waals surface area contributed by atoms with Crippen molar-refractivity contribution < 1.29 is 60.0 Å². The standard InChI is InChI=1S/C24H29N7O3.2C20H21N7O3.C14H16N6O2.C14H17N5O.C10H12BrNO2/c1-15-8-9-19(34-15)22-29-23(30-24(2,3)4)28-21-18(12-25-31(21)22)27-20-7-5-6-16(26-20)13-33-17-10-11-32-14-17;2*1-12-5-6-16(30-12)19-26-20(21)25-18-15(9-22-27(18)19)24-17-4-2-3-13(23-17)10-29-14-7-8-28-11-14;1-8-5-6-10(22-8)12-17-13(18-14(2,3)4)16-11-9(19-21)7-15-20(11)12;1-9-5-6-10(20-9)12-17-13(18-14(2,3)4)16-11-7-8-15-19(11)12;11-10-3-1-2-8(12-10)6-14-9-4-5-13-7-9/h5-9,12,17H,10-11,13-14H2,1-4H3,(H,26,27)(H,28,30);2*2-6,9,14H,7-8,10-11H2,1H3,(H2,21,25)(H,23,24);5-7H,1-4H3,(H,16,18);5-8H,1-4H3,(H,16,18);1-3,9H,4-7H2/t17-;2*14-;;;9-/m000..0/s1. The lowest BCUT2D eigenvalue weighted by atomic mass is 10.1. The van der Waals surface area contributed by atoms with Gasteiger partial charge in [-0.25, -0.2) is 19.9 Å². The van der Waals surface area contributed by atoms with E-state index in [1.165, 1.54) is 10.7 Å². The molecule has 10 N–H and O–H groups in total. The van der Waals surface area contributed by atoms with Crippen LogP contribution < -0.4 is 43.4 Å². The van der Waals surface area contributed by atoms with Gasteiger partial charge in [0.25, 0.3) is 0 Å². The zero-order valence-corrected chi connectivity index (χ0v) is 86.8. The van der Waals surface area contributed by atoms with Crippen molar-refractivity contribution in [3.8, 4) is 57.9 Å². The van der Waals surface area contributed by atoms with Gasteiger partial charge in [-0.1, -0.05) is 24.3 Å². The number of nitroso groups, excluding NO2 is 1. The van der Waals surface area contributed by atoms with Gasteiger partial charge in [0, 0.05) is 49.1 Å². The van der Waals surface area contributed by atoms with E-state index in [0.717, 1.165) is 114 Å². The number of fused-ring (bicyclic) bond motifs is 5. The fourth-order valence-corrected chi connectivity index (χ4v) is 16.0. The second-order valence-corrected chi connectivity index (χ2v) is 39.3. The largest absolute Gasteiger partial charge is 0.458 e. The van der Waals surface area contributed by atoms with Crippen LogP contribution in [0.3, 0.4) is 0 Å². The maximum atomic E-state index is 10.9. The minimum atomic E-state index is -0.233. The van der Waals surface area contributed by atoms with Gasteiger partial charge < -0.3 is 103 Å². The highest BCUT2D eigenvalue weighted by Gasteiger charge is 2.29. The summed E-state index contributed by atoms with van der Waals surface area (Å²) in [5, 5.41) is 44.3. The third kappa shape index (κ3) is 27.3. The quantitative estimate of drug-likeness (QED) is 0.0175. The molecule has 23 heterocycles. The van der Waals surface area contributed by atoms with E-state index in [1.54, 1.807) is 48.9 Å². The third-order valence-electron chi connectivity index (χ3n) is 22.5. The SMILES string of the molecule is Brc1cccc(CO[C@H]2CCOC2)n1.Cc1ccc(-c2nc(N)nc3c(Nc4cccc(CO[C@H]5CCOC5)n4)cnn23)o1.Cc1ccc(-c2nc(N)nc3c(Nc4cccc(CO[C@H]5CCOC5)n4)cnn23)o1.Cc1ccc(-c2nc(NC(C)(C)C)nc3c(N=O)cnn23)o1.Cc1ccc(-c2nc(NC(C)(C)C)nc3c(Nc4cccc(CO[C@H]5CCOC5)n4)cnn23)o1.Cc1ccc(-c2nc(NC(C)(C)C)nc3ccnn23)o1. The van der Waals surface area contributed by atoms with Crippen LogP contribution in [-0.2, 0) is 64.3 Å². The van der Waals surface area contributed by atoms with Gasteiger partial charge in [0.2, 0.25) is 58.9 Å². The molecule has 4 fully saturated rings. The van der Waals surface area contributed by atoms with Crippen molar-refractivity contribution >= 4 is 114 Å². The Morgan fingerprint density at radius 2 is 0.653 bits per heavy atom. The molecule has 0 spiro atoms. The van der Waals surface area contributed by atoms with E-state index < -0.39 is 0 Å². The smallest absolute Gasteiger partial charge is 0.227 e. The number of furan rings is 5. The average Bonchev–Trinajstić information content (AvgIpc) is 1.67. The molecule has 0 saturated carbocycles. The number of nitrogens with one attached hydrogen (secondary N) is 6. The molecule has 0 radical (unpaired) electrons. The highest BCUT2D eigenvalue weighted by molar-refractivity contribution is 9.10. The highest BCUT2D eigenvalue weighted by Crippen LogP contribution is 2.35. The number of rotatable bonds is 27. The van der Waals surface area contributed by atoms with E-state index in [4.69, 9.17) is 76.4 Å². The zero-order chi connectivity index (χ0) is 105. The first-order valence-corrected chi connectivity index (χ1v) is 49.4. The molecule has 0 amide bonds. The van der Waals surface area contributed by atoms with Gasteiger partial charge in [-0.2, -0.15) is 97.9 Å². The molecule has 0 aliphatic carbocycles. The summed E-state index contributed by atoms with van der Waals surface area (Å²) in [6, 6.07) is 43.5. The Hall–Kier alpha value is -16.1. The van der Waals surface area contributed by atoms with Crippen LogP contribution in [0, 0.1) is 39.5 Å². The second-order valence-electron chi connectivity index (χ2n) is 38.5. The summed E-state index contributed by atoms with van der Waals surface area (Å²) < 4.78 is 81.8. The monoisotopic (exact) mass is 2110 g/mol. The fraction of sp³-hybridized carbons (Fsp3) is 0.363. The van der Waals surface area contributed by atoms with Crippen LogP contribution in [0.1, 0.15) is 140 Å². The number of aromatic nitrogens is 24. The zero-order valence-electron chi connectivity index (χ0n) is 85.2. The Kier molecular flexibility index (Phi) is 32.2. The van der Waals surface area contributed by atoms with E-state index >= 15 is 0 Å². The number of halogens is 1. The summed E-state index contributed by atoms with van der Waals surface area (Å²) in [7, 11) is 0. The predicted molar refractivity (Wildman–Crippen MR) is 561 cm³/mol. The van der Waals surface area contributed by atoms with E-state index in [0.29, 0.717) is 186 Å². The lowest BCUT2D eigenvalue weighted by Crippen LogP contribution is -2.27. The Bertz CT molecular complexity index is 7630. The maximum absolute atomic E-state index is 10.9. The maximum Gasteiger partial charge on any atom is 0.227 e. The first-order valence-electron chi connectivity index (χ1n) is 48.6. The summed E-state index contributed by atoms with van der Waals surface area (Å²) in [6.07, 6.45) is 12.5. The molecule has 0 bridgehead atoms. The first kappa shape index (κ1) is 104. The number of hydrogen-bond acceptors (Lipinski definition) is 42. The van der Waals surface area contributed by atoms with Gasteiger partial charge in [0.05, 0.1) is 131 Å². The summed E-state index contributed by atoms with van der Waals surface area (Å²) in [4.78, 5) is 73.5. The normalized spacial score (nSPS) is 15.6. The van der Waals surface area contributed by atoms with Crippen molar-refractivity contribution in [2.45, 2.75) is 190 Å². The Balaban J connectivity index is 0.000000120. The molecule has 4 atom stereocenters. The number of hydrogen-bond donors (Lipinski definition) is 8. The number of aryl methyl sites for hydroxylation is 5. The van der Waals surface area contributed by atoms with Crippen LogP contribution in [0.2, 0.25) is 0 Å². The number of nitrogens with zero attached hydrogens (tertiary/aromatic N) is 25. The van der Waals surface area contributed by atoms with E-state index in [-0.39, 0.29) is 58.6 Å². The van der Waals surface area contributed by atoms with Crippen molar-refractivity contribution in [3.05, 3.63) is 232 Å². The van der Waals surface area contributed by atoms with Crippen molar-refractivity contribution in [1.29, 1.82) is 0 Å². The number of nitrogen functional groups attached to an aromatic ring is 2. The van der Waals surface area contributed by atoms with Gasteiger partial charge >= 0.3 is 0 Å². The van der Waals surface area contributed by atoms with Gasteiger partial charge in [-0.3, -0.25) is 0 Å². The molecule has 0 aromatic carbocycles. The lowest BCUT2D eigenvalue weighted by molar-refractivity contribution is 0.0301. The molecule has 48 heteroatoms. The molecule has 4 aliphatic rings. The van der Waals surface area contributed by atoms with E-state index in [1.807, 2.05) is 189 Å². The molecule has 19 aromatic heterocycles. The summed E-state index contributed by atoms with van der Waals surface area (Å²) >= 11 is 3.32. The van der Waals surface area contributed by atoms with Crippen LogP contribution in [0.5, 0.6) is 0 Å². The minimum Gasteiger partial charge on any atom is -0.458 e. The highest BCUT2D eigenvalue weighted by atomic mass is 79.9. The van der Waals surface area contributed by atoms with Crippen molar-refractivity contribution in [2.24, 2.45) is 5.18 Å². The summed E-state index contributed by atoms with van der Waals surface area (Å²) in [5.41, 5.74) is 19.6. The van der Waals surface area contributed by atoms with Crippen LogP contribution in [0.4, 0.5) is 69.9 Å². The third-order valence-corrected chi connectivity index (χ3v) is 22.9. The van der Waals surface area contributed by atoms with Crippen LogP contribution >= 0.6 is 15.9 Å². The van der Waals surface area contributed by atoms with Crippen molar-refractivity contribution in [2.75, 3.05) is 96.2 Å². The first-order chi connectivity index (χ1) is 72.3. The number of nitrogens with two attached hydrogens (primary N) is 2. The molecular formula is C102H116BrN33O14. The fourth-order valence-electron chi connectivity index (χ4n) is 15.7. The minimum absolute atomic E-state index is 0.116. The molecule has 4 aliphatic heterocycles. The number of pyridine rings is 4. The molecular weight excluding hydrogens is 1990 g/mol. The number of anilines is 11. The molecule has 780 valence electrons. The number of ether oxygens (including phenoxy) is 8. The summed E-state index contributed by atoms with van der Waals surface area (Å²) in [6.45, 7) is 35.3. The molecule has 150 heavy (non-hydrogen) atoms. The van der Waals surface area contributed by atoms with Crippen molar-refractivity contribution in [3.63, 3.8) is 0 Å². The van der Waals surface area contributed by atoms with Crippen LogP contribution in [0.25, 0.3) is 86.2 Å². The Morgan fingerprint density at radius 3 is 0.973 bits per heavy atom. The lowest BCUT2D eigenvalue weighted by Gasteiger charge is -2.20. The molecule has 0 unspecified atom stereocenters. The van der Waals surface area contributed by atoms with Gasteiger partial charge in [-0.05, 0) is 253 Å². The van der Waals surface area contributed by atoms with Crippen LogP contribution in [0.15, 0.2) is 202 Å². The van der Waals surface area contributed by atoms with Crippen LogP contribution in [-0.4, -0.2) is 212 Å². The molecule has 19 aromatic rings. The van der Waals surface area contributed by atoms with Gasteiger partial charge in [0.15, 0.2) is 62.7 Å². The second kappa shape index (κ2) is 46.5. The Labute approximate surface area is 868 Å².